The normalized spacial score (nSPS) is 24.6. The van der Waals surface area contributed by atoms with E-state index in [1.807, 2.05) is 23.5 Å². The fraction of sp³-hybridized carbons (Fsp3) is 0.600. The van der Waals surface area contributed by atoms with Crippen LogP contribution in [0.4, 0.5) is 8.78 Å². The summed E-state index contributed by atoms with van der Waals surface area (Å²) in [6.45, 7) is 4.99. The molecule has 20 heavy (non-hydrogen) atoms. The summed E-state index contributed by atoms with van der Waals surface area (Å²) in [6, 6.07) is 3.87. The van der Waals surface area contributed by atoms with E-state index in [1.54, 1.807) is 0 Å². The second-order valence-electron chi connectivity index (χ2n) is 4.98. The van der Waals surface area contributed by atoms with Gasteiger partial charge in [0.1, 0.15) is 11.6 Å². The minimum atomic E-state index is -0.443. The number of halogens is 2. The molecule has 0 bridgehead atoms. The van der Waals surface area contributed by atoms with E-state index in [2.05, 4.69) is 19.2 Å². The van der Waals surface area contributed by atoms with Crippen LogP contribution >= 0.6 is 23.5 Å². The van der Waals surface area contributed by atoms with Crippen molar-refractivity contribution < 1.29 is 8.78 Å². The summed E-state index contributed by atoms with van der Waals surface area (Å²) >= 11 is 3.71. The first-order valence-electron chi connectivity index (χ1n) is 7.05. The molecule has 1 aromatic carbocycles. The van der Waals surface area contributed by atoms with Gasteiger partial charge in [-0.25, -0.2) is 8.78 Å². The SMILES string of the molecule is CCCNC(c1c(F)cccc1F)C1SCCSC1C. The highest BCUT2D eigenvalue weighted by molar-refractivity contribution is 8.07. The third kappa shape index (κ3) is 3.68. The summed E-state index contributed by atoms with van der Waals surface area (Å²) in [5, 5.41) is 3.94. The molecule has 1 aromatic rings. The maximum absolute atomic E-state index is 14.1. The Labute approximate surface area is 128 Å². The van der Waals surface area contributed by atoms with E-state index in [0.29, 0.717) is 5.25 Å². The van der Waals surface area contributed by atoms with Gasteiger partial charge in [-0.05, 0) is 25.1 Å². The van der Waals surface area contributed by atoms with Gasteiger partial charge in [-0.1, -0.05) is 19.9 Å². The molecule has 0 radical (unpaired) electrons. The van der Waals surface area contributed by atoms with E-state index >= 15 is 0 Å². The van der Waals surface area contributed by atoms with Gasteiger partial charge in [0, 0.05) is 27.6 Å². The molecule has 0 spiro atoms. The number of thioether (sulfide) groups is 2. The van der Waals surface area contributed by atoms with Crippen LogP contribution in [0.2, 0.25) is 0 Å². The van der Waals surface area contributed by atoms with Crippen molar-refractivity contribution >= 4 is 23.5 Å². The number of nitrogens with one attached hydrogen (secondary N) is 1. The molecule has 1 nitrogen and oxygen atoms in total. The van der Waals surface area contributed by atoms with E-state index in [-0.39, 0.29) is 16.9 Å². The predicted octanol–water partition coefficient (Wildman–Crippen LogP) is 4.24. The molecule has 1 fully saturated rings. The summed E-state index contributed by atoms with van der Waals surface area (Å²) in [6.07, 6.45) is 0.950. The molecular formula is C15H21F2NS2. The molecule has 3 unspecified atom stereocenters. The maximum Gasteiger partial charge on any atom is 0.130 e. The molecule has 1 heterocycles. The Morgan fingerprint density at radius 3 is 2.50 bits per heavy atom. The van der Waals surface area contributed by atoms with Crippen LogP contribution < -0.4 is 5.32 Å². The molecule has 0 amide bonds. The van der Waals surface area contributed by atoms with Crippen molar-refractivity contribution in [2.75, 3.05) is 18.1 Å². The molecule has 5 heteroatoms. The van der Waals surface area contributed by atoms with Gasteiger partial charge in [0.05, 0.1) is 6.04 Å². The van der Waals surface area contributed by atoms with Crippen LogP contribution in [0.25, 0.3) is 0 Å². The number of rotatable bonds is 5. The lowest BCUT2D eigenvalue weighted by Crippen LogP contribution is -2.39. The average molecular weight is 317 g/mol. The van der Waals surface area contributed by atoms with Crippen LogP contribution in [-0.4, -0.2) is 28.6 Å². The van der Waals surface area contributed by atoms with Gasteiger partial charge in [-0.3, -0.25) is 0 Å². The molecule has 1 aliphatic rings. The second kappa shape index (κ2) is 7.66. The number of hydrogen-bond donors (Lipinski definition) is 1. The molecular weight excluding hydrogens is 296 g/mol. The molecule has 0 saturated carbocycles. The summed E-state index contributed by atoms with van der Waals surface area (Å²) in [5.41, 5.74) is 0.202. The van der Waals surface area contributed by atoms with Crippen molar-refractivity contribution in [3.05, 3.63) is 35.4 Å². The Morgan fingerprint density at radius 1 is 1.25 bits per heavy atom. The first kappa shape index (κ1) is 16.1. The lowest BCUT2D eigenvalue weighted by Gasteiger charge is -2.35. The predicted molar refractivity (Wildman–Crippen MR) is 85.6 cm³/mol. The molecule has 1 saturated heterocycles. The number of benzene rings is 1. The minimum Gasteiger partial charge on any atom is -0.309 e. The van der Waals surface area contributed by atoms with Crippen molar-refractivity contribution in [1.82, 2.24) is 5.32 Å². The van der Waals surface area contributed by atoms with E-state index in [4.69, 9.17) is 0 Å². The monoisotopic (exact) mass is 317 g/mol. The lowest BCUT2D eigenvalue weighted by atomic mass is 10.00. The van der Waals surface area contributed by atoms with Crippen LogP contribution in [0.3, 0.4) is 0 Å². The minimum absolute atomic E-state index is 0.201. The van der Waals surface area contributed by atoms with Crippen molar-refractivity contribution in [3.8, 4) is 0 Å². The zero-order valence-corrected chi connectivity index (χ0v) is 13.5. The highest BCUT2D eigenvalue weighted by atomic mass is 32.2. The quantitative estimate of drug-likeness (QED) is 0.872. The maximum atomic E-state index is 14.1. The van der Waals surface area contributed by atoms with Gasteiger partial charge in [0.25, 0.3) is 0 Å². The molecule has 2 rings (SSSR count). The Morgan fingerprint density at radius 2 is 1.90 bits per heavy atom. The summed E-state index contributed by atoms with van der Waals surface area (Å²) in [5.74, 6) is 1.27. The molecule has 112 valence electrons. The first-order valence-corrected chi connectivity index (χ1v) is 9.15. The Hall–Kier alpha value is -0.260. The van der Waals surface area contributed by atoms with E-state index in [1.165, 1.54) is 18.2 Å². The zero-order valence-electron chi connectivity index (χ0n) is 11.9. The Balaban J connectivity index is 2.31. The van der Waals surface area contributed by atoms with Gasteiger partial charge in [0.15, 0.2) is 0 Å². The molecule has 0 aromatic heterocycles. The van der Waals surface area contributed by atoms with E-state index in [0.717, 1.165) is 24.5 Å². The Kier molecular flexibility index (Phi) is 6.18. The standard InChI is InChI=1S/C15H21F2NS2/c1-3-7-18-14(15-10(2)19-8-9-20-15)13-11(16)5-4-6-12(13)17/h4-6,10,14-15,18H,3,7-9H2,1-2H3. The van der Waals surface area contributed by atoms with Crippen LogP contribution in [0, 0.1) is 11.6 Å². The molecule has 0 aliphatic carbocycles. The molecule has 1 aliphatic heterocycles. The zero-order chi connectivity index (χ0) is 14.5. The van der Waals surface area contributed by atoms with Crippen molar-refractivity contribution in [1.29, 1.82) is 0 Å². The van der Waals surface area contributed by atoms with Gasteiger partial charge < -0.3 is 5.32 Å². The van der Waals surface area contributed by atoms with Gasteiger partial charge in [0.2, 0.25) is 0 Å². The largest absolute Gasteiger partial charge is 0.309 e. The molecule has 1 N–H and O–H groups in total. The summed E-state index contributed by atoms with van der Waals surface area (Å²) in [7, 11) is 0. The topological polar surface area (TPSA) is 12.0 Å². The van der Waals surface area contributed by atoms with Gasteiger partial charge in [-0.2, -0.15) is 23.5 Å². The summed E-state index contributed by atoms with van der Waals surface area (Å²) in [4.78, 5) is 0. The lowest BCUT2D eigenvalue weighted by molar-refractivity contribution is 0.453. The van der Waals surface area contributed by atoms with Gasteiger partial charge in [-0.15, -0.1) is 0 Å². The first-order chi connectivity index (χ1) is 9.65. The van der Waals surface area contributed by atoms with Crippen molar-refractivity contribution in [2.45, 2.75) is 36.8 Å². The number of hydrogen-bond acceptors (Lipinski definition) is 3. The van der Waals surface area contributed by atoms with Crippen LogP contribution in [0.5, 0.6) is 0 Å². The van der Waals surface area contributed by atoms with Gasteiger partial charge >= 0.3 is 0 Å². The van der Waals surface area contributed by atoms with Crippen LogP contribution in [0.15, 0.2) is 18.2 Å². The average Bonchev–Trinajstić information content (AvgIpc) is 2.43. The van der Waals surface area contributed by atoms with E-state index < -0.39 is 11.6 Å². The fourth-order valence-corrected chi connectivity index (χ4v) is 5.43. The van der Waals surface area contributed by atoms with Crippen molar-refractivity contribution in [2.24, 2.45) is 0 Å². The second-order valence-corrected chi connectivity index (χ2v) is 7.75. The third-order valence-electron chi connectivity index (χ3n) is 3.49. The van der Waals surface area contributed by atoms with Crippen LogP contribution in [-0.2, 0) is 0 Å². The highest BCUT2D eigenvalue weighted by Gasteiger charge is 2.34. The van der Waals surface area contributed by atoms with Crippen molar-refractivity contribution in [3.63, 3.8) is 0 Å². The summed E-state index contributed by atoms with van der Waals surface area (Å²) < 4.78 is 28.2. The highest BCUT2D eigenvalue weighted by Crippen LogP contribution is 2.39. The van der Waals surface area contributed by atoms with Crippen LogP contribution in [0.1, 0.15) is 31.9 Å². The third-order valence-corrected chi connectivity index (χ3v) is 6.69. The van der Waals surface area contributed by atoms with E-state index in [9.17, 15) is 8.78 Å². The smallest absolute Gasteiger partial charge is 0.130 e. The molecule has 3 atom stereocenters. The Bertz CT molecular complexity index is 422. The fourth-order valence-electron chi connectivity index (χ4n) is 2.51.